The van der Waals surface area contributed by atoms with Crippen molar-refractivity contribution in [1.82, 2.24) is 35.2 Å². The number of aliphatic imine (C=N–C) groups is 1. The van der Waals surface area contributed by atoms with Crippen LogP contribution in [0.1, 0.15) is 11.4 Å². The highest BCUT2D eigenvalue weighted by molar-refractivity contribution is 5.79. The fourth-order valence-electron chi connectivity index (χ4n) is 3.11. The van der Waals surface area contributed by atoms with Gasteiger partial charge in [0, 0.05) is 45.4 Å². The number of hydrogen-bond acceptors (Lipinski definition) is 5. The largest absolute Gasteiger partial charge is 0.461 e. The SMILES string of the molecule is CN=C(NCCc1nc(-c2ccco2)n[nH]1)N(C)Cc1cnn(-c2ccccc2)c1. The van der Waals surface area contributed by atoms with Crippen LogP contribution in [0, 0.1) is 0 Å². The molecule has 0 fully saturated rings. The number of H-pyrrole nitrogens is 1. The number of nitrogens with zero attached hydrogens (tertiary/aromatic N) is 6. The van der Waals surface area contributed by atoms with Gasteiger partial charge in [-0.2, -0.15) is 10.2 Å². The molecule has 3 aromatic heterocycles. The molecule has 0 saturated heterocycles. The van der Waals surface area contributed by atoms with Crippen LogP contribution in [0.25, 0.3) is 17.3 Å². The van der Waals surface area contributed by atoms with E-state index in [1.807, 2.05) is 66.6 Å². The molecule has 2 N–H and O–H groups in total. The van der Waals surface area contributed by atoms with Gasteiger partial charge in [0.15, 0.2) is 11.7 Å². The molecule has 1 aromatic carbocycles. The van der Waals surface area contributed by atoms with Crippen LogP contribution in [0.5, 0.6) is 0 Å². The zero-order valence-corrected chi connectivity index (χ0v) is 17.0. The second kappa shape index (κ2) is 9.08. The molecule has 0 amide bonds. The Hall–Kier alpha value is -3.88. The molecule has 0 aliphatic heterocycles. The standard InChI is InChI=1S/C21H24N8O/c1-22-21(23-11-10-19-25-20(27-26-19)18-9-6-12-30-18)28(2)14-16-13-24-29(15-16)17-7-4-3-5-8-17/h3-9,12-13,15H,10-11,14H2,1-2H3,(H,22,23)(H,25,26,27). The van der Waals surface area contributed by atoms with E-state index in [1.165, 1.54) is 0 Å². The van der Waals surface area contributed by atoms with Crippen molar-refractivity contribution in [2.75, 3.05) is 20.6 Å². The van der Waals surface area contributed by atoms with E-state index in [2.05, 4.69) is 35.5 Å². The molecule has 0 unspecified atom stereocenters. The fraction of sp³-hybridized carbons (Fsp3) is 0.238. The van der Waals surface area contributed by atoms with E-state index in [9.17, 15) is 0 Å². The molecule has 0 aliphatic carbocycles. The minimum atomic E-state index is 0.562. The van der Waals surface area contributed by atoms with Crippen LogP contribution in [-0.4, -0.2) is 56.5 Å². The van der Waals surface area contributed by atoms with E-state index in [0.717, 1.165) is 23.0 Å². The summed E-state index contributed by atoms with van der Waals surface area (Å²) in [6, 6.07) is 13.7. The summed E-state index contributed by atoms with van der Waals surface area (Å²) in [7, 11) is 3.77. The second-order valence-corrected chi connectivity index (χ2v) is 6.79. The van der Waals surface area contributed by atoms with Crippen LogP contribution in [0.3, 0.4) is 0 Å². The number of rotatable bonds is 7. The van der Waals surface area contributed by atoms with E-state index >= 15 is 0 Å². The number of hydrogen-bond donors (Lipinski definition) is 2. The minimum absolute atomic E-state index is 0.562. The van der Waals surface area contributed by atoms with Crippen molar-refractivity contribution in [3.63, 3.8) is 0 Å². The molecule has 154 valence electrons. The molecule has 30 heavy (non-hydrogen) atoms. The van der Waals surface area contributed by atoms with Crippen molar-refractivity contribution in [2.45, 2.75) is 13.0 Å². The maximum absolute atomic E-state index is 5.32. The Bertz CT molecular complexity index is 1080. The summed E-state index contributed by atoms with van der Waals surface area (Å²) < 4.78 is 7.19. The van der Waals surface area contributed by atoms with Crippen LogP contribution in [0.2, 0.25) is 0 Å². The number of aromatic nitrogens is 5. The van der Waals surface area contributed by atoms with Gasteiger partial charge in [-0.25, -0.2) is 9.67 Å². The third-order valence-electron chi connectivity index (χ3n) is 4.57. The quantitative estimate of drug-likeness (QED) is 0.363. The predicted octanol–water partition coefficient (Wildman–Crippen LogP) is 2.50. The Morgan fingerprint density at radius 3 is 2.87 bits per heavy atom. The number of para-hydroxylation sites is 1. The molecule has 0 saturated carbocycles. The molecular weight excluding hydrogens is 380 g/mol. The van der Waals surface area contributed by atoms with E-state index in [-0.39, 0.29) is 0 Å². The summed E-state index contributed by atoms with van der Waals surface area (Å²) in [6.45, 7) is 1.37. The highest BCUT2D eigenvalue weighted by atomic mass is 16.3. The van der Waals surface area contributed by atoms with Gasteiger partial charge in [0.1, 0.15) is 5.82 Å². The van der Waals surface area contributed by atoms with Crippen molar-refractivity contribution in [3.05, 3.63) is 72.5 Å². The molecule has 9 heteroatoms. The topological polar surface area (TPSA) is 100 Å². The minimum Gasteiger partial charge on any atom is -0.461 e. The monoisotopic (exact) mass is 404 g/mol. The van der Waals surface area contributed by atoms with E-state index in [0.29, 0.717) is 31.1 Å². The average Bonchev–Trinajstić information content (AvgIpc) is 3.53. The van der Waals surface area contributed by atoms with Crippen LogP contribution in [0.4, 0.5) is 0 Å². The fourth-order valence-corrected chi connectivity index (χ4v) is 3.11. The van der Waals surface area contributed by atoms with Gasteiger partial charge in [0.2, 0.25) is 5.82 Å². The zero-order chi connectivity index (χ0) is 20.8. The summed E-state index contributed by atoms with van der Waals surface area (Å²) in [4.78, 5) is 10.9. The first-order valence-electron chi connectivity index (χ1n) is 9.69. The molecule has 0 atom stereocenters. The molecule has 3 heterocycles. The lowest BCUT2D eigenvalue weighted by Gasteiger charge is -2.21. The Labute approximate surface area is 174 Å². The van der Waals surface area contributed by atoms with Crippen molar-refractivity contribution >= 4 is 5.96 Å². The van der Waals surface area contributed by atoms with Gasteiger partial charge < -0.3 is 14.6 Å². The van der Waals surface area contributed by atoms with Crippen molar-refractivity contribution in [1.29, 1.82) is 0 Å². The molecule has 9 nitrogen and oxygen atoms in total. The highest BCUT2D eigenvalue weighted by Gasteiger charge is 2.11. The van der Waals surface area contributed by atoms with Gasteiger partial charge in [-0.05, 0) is 24.3 Å². The average molecular weight is 404 g/mol. The van der Waals surface area contributed by atoms with Gasteiger partial charge in [-0.1, -0.05) is 18.2 Å². The Kier molecular flexibility index (Phi) is 5.88. The first-order valence-corrected chi connectivity index (χ1v) is 9.69. The molecule has 0 aliphatic rings. The molecule has 4 rings (SSSR count). The lowest BCUT2D eigenvalue weighted by molar-refractivity contribution is 0.477. The number of furan rings is 1. The van der Waals surface area contributed by atoms with E-state index in [1.54, 1.807) is 13.3 Å². The van der Waals surface area contributed by atoms with Crippen LogP contribution in [0.15, 0.2) is 70.5 Å². The molecule has 0 spiro atoms. The lowest BCUT2D eigenvalue weighted by atomic mass is 10.3. The summed E-state index contributed by atoms with van der Waals surface area (Å²) in [6.07, 6.45) is 6.20. The zero-order valence-electron chi connectivity index (χ0n) is 17.0. The first-order chi connectivity index (χ1) is 14.7. The smallest absolute Gasteiger partial charge is 0.216 e. The Morgan fingerprint density at radius 1 is 1.23 bits per heavy atom. The Morgan fingerprint density at radius 2 is 2.10 bits per heavy atom. The van der Waals surface area contributed by atoms with Crippen molar-refractivity contribution in [2.24, 2.45) is 4.99 Å². The van der Waals surface area contributed by atoms with E-state index in [4.69, 9.17) is 4.42 Å². The second-order valence-electron chi connectivity index (χ2n) is 6.79. The Balaban J connectivity index is 1.29. The van der Waals surface area contributed by atoms with Gasteiger partial charge in [-0.15, -0.1) is 0 Å². The molecule has 4 aromatic rings. The van der Waals surface area contributed by atoms with Crippen LogP contribution >= 0.6 is 0 Å². The summed E-state index contributed by atoms with van der Waals surface area (Å²) in [5.41, 5.74) is 2.14. The summed E-state index contributed by atoms with van der Waals surface area (Å²) in [5, 5.41) is 14.9. The molecule has 0 radical (unpaired) electrons. The van der Waals surface area contributed by atoms with Crippen molar-refractivity contribution in [3.8, 4) is 17.3 Å². The molecular formula is C21H24N8O. The van der Waals surface area contributed by atoms with Crippen LogP contribution in [-0.2, 0) is 13.0 Å². The third-order valence-corrected chi connectivity index (χ3v) is 4.57. The maximum Gasteiger partial charge on any atom is 0.216 e. The van der Waals surface area contributed by atoms with E-state index < -0.39 is 0 Å². The number of benzene rings is 1. The maximum atomic E-state index is 5.32. The van der Waals surface area contributed by atoms with Gasteiger partial charge in [0.05, 0.1) is 18.1 Å². The van der Waals surface area contributed by atoms with Crippen molar-refractivity contribution < 1.29 is 4.42 Å². The first kappa shape index (κ1) is 19.4. The summed E-state index contributed by atoms with van der Waals surface area (Å²) >= 11 is 0. The van der Waals surface area contributed by atoms with Crippen LogP contribution < -0.4 is 5.32 Å². The van der Waals surface area contributed by atoms with Gasteiger partial charge >= 0.3 is 0 Å². The highest BCUT2D eigenvalue weighted by Crippen LogP contribution is 2.14. The summed E-state index contributed by atoms with van der Waals surface area (Å²) in [5.74, 6) is 2.80. The number of aromatic amines is 1. The number of nitrogens with one attached hydrogen (secondary N) is 2. The molecule has 0 bridgehead atoms. The van der Waals surface area contributed by atoms with Gasteiger partial charge in [-0.3, -0.25) is 10.1 Å². The van der Waals surface area contributed by atoms with Gasteiger partial charge in [0.25, 0.3) is 0 Å². The normalized spacial score (nSPS) is 11.6. The number of guanidine groups is 1. The lowest BCUT2D eigenvalue weighted by Crippen LogP contribution is -2.39. The third kappa shape index (κ3) is 4.57. The predicted molar refractivity (Wildman–Crippen MR) is 114 cm³/mol.